The topological polar surface area (TPSA) is 47.5 Å². The van der Waals surface area contributed by atoms with Crippen molar-refractivity contribution >= 4 is 44.8 Å². The van der Waals surface area contributed by atoms with Crippen LogP contribution in [-0.4, -0.2) is 24.0 Å². The van der Waals surface area contributed by atoms with Gasteiger partial charge >= 0.3 is 0 Å². The summed E-state index contributed by atoms with van der Waals surface area (Å²) in [5.74, 6) is 0. The fraction of sp³-hybridized carbons (Fsp3) is 0. The molecule has 0 bridgehead atoms. The van der Waals surface area contributed by atoms with Gasteiger partial charge in [0.15, 0.2) is 5.65 Å². The maximum Gasteiger partial charge on any atom is 0.200 e. The third kappa shape index (κ3) is 1.10. The molecule has 0 radical (unpaired) electrons. The van der Waals surface area contributed by atoms with Crippen LogP contribution in [0.5, 0.6) is 0 Å². The molecule has 0 atom stereocenters. The molecule has 3 heterocycles. The molecule has 17 heavy (non-hydrogen) atoms. The van der Waals surface area contributed by atoms with E-state index in [2.05, 4.69) is 49.9 Å². The molecule has 4 rings (SSSR count). The highest BCUT2D eigenvalue weighted by Gasteiger charge is 2.12. The van der Waals surface area contributed by atoms with E-state index < -0.39 is 0 Å². The summed E-state index contributed by atoms with van der Waals surface area (Å²) in [7, 11) is 0. The van der Waals surface area contributed by atoms with E-state index in [0.717, 1.165) is 26.0 Å². The van der Waals surface area contributed by atoms with E-state index >= 15 is 0 Å². The Labute approximate surface area is 109 Å². The molecule has 0 unspecified atom stereocenters. The first-order valence-corrected chi connectivity index (χ1v) is 6.17. The summed E-state index contributed by atoms with van der Waals surface area (Å²) in [5.41, 5.74) is 2.95. The molecular weight excluding hydrogens is 329 g/mol. The standard InChI is InChI=1S/C11H6IN5/c12-11-15-14-10-7-3-1-2-4-8(7)16-6-13-5-9(16)17(10)11/h1-6H. The third-order valence-corrected chi connectivity index (χ3v) is 3.57. The molecule has 0 N–H and O–H groups in total. The maximum atomic E-state index is 4.24. The van der Waals surface area contributed by atoms with Crippen molar-refractivity contribution in [3.63, 3.8) is 0 Å². The highest BCUT2D eigenvalue weighted by Crippen LogP contribution is 2.22. The van der Waals surface area contributed by atoms with Crippen molar-refractivity contribution in [1.29, 1.82) is 0 Å². The predicted octanol–water partition coefficient (Wildman–Crippen LogP) is 2.13. The van der Waals surface area contributed by atoms with Gasteiger partial charge in [0.25, 0.3) is 0 Å². The van der Waals surface area contributed by atoms with Crippen LogP contribution in [-0.2, 0) is 0 Å². The minimum Gasteiger partial charge on any atom is -0.284 e. The molecule has 82 valence electrons. The molecule has 0 saturated heterocycles. The number of para-hydroxylation sites is 1. The Morgan fingerprint density at radius 1 is 1.12 bits per heavy atom. The number of nitrogens with zero attached hydrogens (tertiary/aromatic N) is 5. The molecule has 0 aliphatic heterocycles. The van der Waals surface area contributed by atoms with E-state index in [-0.39, 0.29) is 0 Å². The van der Waals surface area contributed by atoms with E-state index in [1.54, 1.807) is 0 Å². The van der Waals surface area contributed by atoms with Gasteiger partial charge in [0.1, 0.15) is 12.0 Å². The fourth-order valence-corrected chi connectivity index (χ4v) is 2.74. The van der Waals surface area contributed by atoms with Gasteiger partial charge in [0.05, 0.1) is 11.7 Å². The minimum atomic E-state index is 0.842. The van der Waals surface area contributed by atoms with Crippen LogP contribution in [0.3, 0.4) is 0 Å². The first kappa shape index (κ1) is 9.34. The first-order valence-electron chi connectivity index (χ1n) is 5.09. The molecule has 1 aromatic carbocycles. The van der Waals surface area contributed by atoms with E-state index in [1.165, 1.54) is 0 Å². The van der Waals surface area contributed by atoms with Crippen LogP contribution in [0, 0.1) is 3.83 Å². The predicted molar refractivity (Wildman–Crippen MR) is 72.0 cm³/mol. The molecule has 0 saturated carbocycles. The lowest BCUT2D eigenvalue weighted by Crippen LogP contribution is -1.97. The average Bonchev–Trinajstić information content (AvgIpc) is 2.96. The van der Waals surface area contributed by atoms with Gasteiger partial charge < -0.3 is 0 Å². The van der Waals surface area contributed by atoms with Crippen molar-refractivity contribution < 1.29 is 0 Å². The summed E-state index contributed by atoms with van der Waals surface area (Å²) in [4.78, 5) is 4.21. The Bertz CT molecular complexity index is 860. The number of rotatable bonds is 0. The SMILES string of the molecule is Ic1nnc2c3ccccc3n3cncc3n12. The van der Waals surface area contributed by atoms with Gasteiger partial charge in [-0.2, -0.15) is 0 Å². The average molecular weight is 335 g/mol. The zero-order valence-electron chi connectivity index (χ0n) is 8.58. The molecule has 0 amide bonds. The van der Waals surface area contributed by atoms with E-state index in [9.17, 15) is 0 Å². The zero-order chi connectivity index (χ0) is 11.4. The lowest BCUT2D eigenvalue weighted by atomic mass is 10.2. The summed E-state index contributed by atoms with van der Waals surface area (Å²) in [6.45, 7) is 0. The highest BCUT2D eigenvalue weighted by molar-refractivity contribution is 14.1. The Morgan fingerprint density at radius 2 is 2.00 bits per heavy atom. The van der Waals surface area contributed by atoms with Gasteiger partial charge in [0.2, 0.25) is 3.83 Å². The summed E-state index contributed by atoms with van der Waals surface area (Å²) in [5, 5.41) is 9.45. The second kappa shape index (κ2) is 3.16. The second-order valence-electron chi connectivity index (χ2n) is 3.77. The minimum absolute atomic E-state index is 0.842. The molecular formula is C11H6IN5. The van der Waals surface area contributed by atoms with Crippen molar-refractivity contribution in [3.8, 4) is 0 Å². The number of aromatic nitrogens is 5. The van der Waals surface area contributed by atoms with Crippen LogP contribution in [0.4, 0.5) is 0 Å². The smallest absolute Gasteiger partial charge is 0.200 e. The highest BCUT2D eigenvalue weighted by atomic mass is 127. The van der Waals surface area contributed by atoms with Crippen LogP contribution in [0.1, 0.15) is 0 Å². The number of halogens is 1. The Hall–Kier alpha value is -1.70. The molecule has 0 fully saturated rings. The third-order valence-electron chi connectivity index (χ3n) is 2.88. The molecule has 3 aromatic heterocycles. The number of hydrogen-bond donors (Lipinski definition) is 0. The Morgan fingerprint density at radius 3 is 2.94 bits per heavy atom. The van der Waals surface area contributed by atoms with Gasteiger partial charge in [-0.1, -0.05) is 12.1 Å². The molecule has 5 nitrogen and oxygen atoms in total. The molecule has 0 spiro atoms. The Kier molecular flexibility index (Phi) is 1.74. The van der Waals surface area contributed by atoms with E-state index in [1.807, 2.05) is 33.5 Å². The number of benzene rings is 1. The second-order valence-corrected chi connectivity index (χ2v) is 4.73. The summed E-state index contributed by atoms with van der Waals surface area (Å²) in [6.07, 6.45) is 3.64. The number of imidazole rings is 1. The molecule has 0 aliphatic rings. The lowest BCUT2D eigenvalue weighted by molar-refractivity contribution is 1.05. The zero-order valence-corrected chi connectivity index (χ0v) is 10.7. The first-order chi connectivity index (χ1) is 8.36. The normalized spacial score (nSPS) is 11.8. The molecule has 4 aromatic rings. The monoisotopic (exact) mass is 335 g/mol. The van der Waals surface area contributed by atoms with Crippen LogP contribution < -0.4 is 0 Å². The van der Waals surface area contributed by atoms with E-state index in [0.29, 0.717) is 0 Å². The van der Waals surface area contributed by atoms with Crippen LogP contribution >= 0.6 is 22.6 Å². The van der Waals surface area contributed by atoms with Gasteiger partial charge in [-0.15, -0.1) is 10.2 Å². The number of hydrogen-bond acceptors (Lipinski definition) is 3. The van der Waals surface area contributed by atoms with Gasteiger partial charge in [-0.3, -0.25) is 8.80 Å². The van der Waals surface area contributed by atoms with Crippen molar-refractivity contribution in [2.75, 3.05) is 0 Å². The summed E-state index contributed by atoms with van der Waals surface area (Å²) >= 11 is 2.18. The van der Waals surface area contributed by atoms with Crippen LogP contribution in [0.2, 0.25) is 0 Å². The Balaban J connectivity index is 2.50. The fourth-order valence-electron chi connectivity index (χ4n) is 2.15. The van der Waals surface area contributed by atoms with Gasteiger partial charge in [0, 0.05) is 28.0 Å². The molecule has 6 heteroatoms. The summed E-state index contributed by atoms with van der Waals surface area (Å²) < 4.78 is 4.90. The van der Waals surface area contributed by atoms with Crippen molar-refractivity contribution in [3.05, 3.63) is 40.6 Å². The number of fused-ring (bicyclic) bond motifs is 6. The van der Waals surface area contributed by atoms with Crippen LogP contribution in [0.15, 0.2) is 36.8 Å². The largest absolute Gasteiger partial charge is 0.284 e. The van der Waals surface area contributed by atoms with Crippen molar-refractivity contribution in [1.82, 2.24) is 24.0 Å². The quantitative estimate of drug-likeness (QED) is 0.463. The van der Waals surface area contributed by atoms with Crippen LogP contribution in [0.25, 0.3) is 22.2 Å². The van der Waals surface area contributed by atoms with Gasteiger partial charge in [-0.25, -0.2) is 4.98 Å². The lowest BCUT2D eigenvalue weighted by Gasteiger charge is -2.05. The maximum absolute atomic E-state index is 4.24. The van der Waals surface area contributed by atoms with Gasteiger partial charge in [-0.05, 0) is 12.1 Å². The summed E-state index contributed by atoms with van der Waals surface area (Å²) in [6, 6.07) is 8.13. The van der Waals surface area contributed by atoms with E-state index in [4.69, 9.17) is 0 Å². The molecule has 0 aliphatic carbocycles. The van der Waals surface area contributed by atoms with Crippen molar-refractivity contribution in [2.45, 2.75) is 0 Å². The van der Waals surface area contributed by atoms with Crippen molar-refractivity contribution in [2.24, 2.45) is 0 Å².